The lowest BCUT2D eigenvalue weighted by atomic mass is 10.2. The third kappa shape index (κ3) is 5.89. The zero-order chi connectivity index (χ0) is 18.9. The van der Waals surface area contributed by atoms with E-state index in [4.69, 9.17) is 21.7 Å². The van der Waals surface area contributed by atoms with Crippen LogP contribution >= 0.6 is 12.2 Å². The van der Waals surface area contributed by atoms with E-state index in [-0.39, 0.29) is 11.0 Å². The molecule has 26 heavy (non-hydrogen) atoms. The normalized spacial score (nSPS) is 9.92. The lowest BCUT2D eigenvalue weighted by Crippen LogP contribution is -2.34. The SMILES string of the molecule is C=C(C)COc1ccccc1NC(=S)NC(=O)c1ccc(OCC)cc1. The Hall–Kier alpha value is -2.86. The number of amides is 1. The Balaban J connectivity index is 1.97. The largest absolute Gasteiger partial charge is 0.494 e. The van der Waals surface area contributed by atoms with Gasteiger partial charge in [0.1, 0.15) is 18.1 Å². The van der Waals surface area contributed by atoms with Crippen LogP contribution in [0.25, 0.3) is 0 Å². The van der Waals surface area contributed by atoms with Gasteiger partial charge in [0.25, 0.3) is 5.91 Å². The van der Waals surface area contributed by atoms with Gasteiger partial charge < -0.3 is 14.8 Å². The van der Waals surface area contributed by atoms with Gasteiger partial charge >= 0.3 is 0 Å². The van der Waals surface area contributed by atoms with Gasteiger partial charge in [-0.05, 0) is 68.0 Å². The Morgan fingerprint density at radius 2 is 1.81 bits per heavy atom. The van der Waals surface area contributed by atoms with Crippen molar-refractivity contribution in [1.29, 1.82) is 0 Å². The zero-order valence-electron chi connectivity index (χ0n) is 14.9. The highest BCUT2D eigenvalue weighted by atomic mass is 32.1. The van der Waals surface area contributed by atoms with Crippen LogP contribution in [0.5, 0.6) is 11.5 Å². The first-order valence-corrected chi connectivity index (χ1v) is 8.62. The molecule has 1 amide bonds. The van der Waals surface area contributed by atoms with E-state index in [1.165, 1.54) is 0 Å². The molecule has 2 aromatic rings. The van der Waals surface area contributed by atoms with Crippen LogP contribution in [0.3, 0.4) is 0 Å². The van der Waals surface area contributed by atoms with Crippen LogP contribution in [-0.2, 0) is 0 Å². The molecule has 136 valence electrons. The molecule has 0 heterocycles. The van der Waals surface area contributed by atoms with E-state index >= 15 is 0 Å². The Morgan fingerprint density at radius 3 is 2.46 bits per heavy atom. The molecule has 5 nitrogen and oxygen atoms in total. The van der Waals surface area contributed by atoms with Crippen molar-refractivity contribution in [3.05, 3.63) is 66.2 Å². The second kappa shape index (κ2) is 9.58. The van der Waals surface area contributed by atoms with Crippen LogP contribution < -0.4 is 20.1 Å². The van der Waals surface area contributed by atoms with Gasteiger partial charge in [-0.2, -0.15) is 0 Å². The monoisotopic (exact) mass is 370 g/mol. The van der Waals surface area contributed by atoms with Crippen molar-refractivity contribution in [2.75, 3.05) is 18.5 Å². The summed E-state index contributed by atoms with van der Waals surface area (Å²) < 4.78 is 11.0. The van der Waals surface area contributed by atoms with Crippen molar-refractivity contribution < 1.29 is 14.3 Å². The molecule has 2 N–H and O–H groups in total. The molecule has 0 unspecified atom stereocenters. The summed E-state index contributed by atoms with van der Waals surface area (Å²) in [7, 11) is 0. The van der Waals surface area contributed by atoms with Gasteiger partial charge in [-0.1, -0.05) is 18.7 Å². The molecule has 0 saturated carbocycles. The lowest BCUT2D eigenvalue weighted by Gasteiger charge is -2.14. The summed E-state index contributed by atoms with van der Waals surface area (Å²) in [5.41, 5.74) is 2.07. The molecular weight excluding hydrogens is 348 g/mol. The first kappa shape index (κ1) is 19.5. The summed E-state index contributed by atoms with van der Waals surface area (Å²) >= 11 is 5.23. The molecule has 0 aliphatic heterocycles. The van der Waals surface area contributed by atoms with Crippen LogP contribution in [0.4, 0.5) is 5.69 Å². The molecule has 0 saturated heterocycles. The molecule has 2 rings (SSSR count). The Morgan fingerprint density at radius 1 is 1.12 bits per heavy atom. The third-order valence-electron chi connectivity index (χ3n) is 3.26. The van der Waals surface area contributed by atoms with Gasteiger partial charge in [0.15, 0.2) is 5.11 Å². The number of nitrogens with one attached hydrogen (secondary N) is 2. The number of carbonyl (C=O) groups is 1. The summed E-state index contributed by atoms with van der Waals surface area (Å²) in [5.74, 6) is 1.05. The number of benzene rings is 2. The maximum atomic E-state index is 12.3. The Bertz CT molecular complexity index is 788. The molecule has 0 bridgehead atoms. The van der Waals surface area contributed by atoms with Gasteiger partial charge in [0.2, 0.25) is 0 Å². The zero-order valence-corrected chi connectivity index (χ0v) is 15.7. The average Bonchev–Trinajstić information content (AvgIpc) is 2.61. The number of carbonyl (C=O) groups excluding carboxylic acids is 1. The number of thiocarbonyl (C=S) groups is 1. The second-order valence-corrected chi connectivity index (χ2v) is 6.02. The number of hydrogen-bond donors (Lipinski definition) is 2. The first-order valence-electron chi connectivity index (χ1n) is 8.21. The lowest BCUT2D eigenvalue weighted by molar-refractivity contribution is 0.0977. The average molecular weight is 370 g/mol. The molecule has 2 aromatic carbocycles. The maximum Gasteiger partial charge on any atom is 0.257 e. The van der Waals surface area contributed by atoms with Crippen molar-refractivity contribution in [3.63, 3.8) is 0 Å². The van der Waals surface area contributed by atoms with Crippen molar-refractivity contribution >= 4 is 28.9 Å². The number of hydrogen-bond acceptors (Lipinski definition) is 4. The van der Waals surface area contributed by atoms with E-state index < -0.39 is 0 Å². The van der Waals surface area contributed by atoms with Crippen LogP contribution in [0.15, 0.2) is 60.7 Å². The molecule has 0 aliphatic rings. The van der Waals surface area contributed by atoms with E-state index in [1.807, 2.05) is 38.1 Å². The smallest absolute Gasteiger partial charge is 0.257 e. The summed E-state index contributed by atoms with van der Waals surface area (Å²) in [6, 6.07) is 14.2. The molecule has 0 aliphatic carbocycles. The maximum absolute atomic E-state index is 12.3. The van der Waals surface area contributed by atoms with Crippen molar-refractivity contribution in [3.8, 4) is 11.5 Å². The molecule has 6 heteroatoms. The number of ether oxygens (including phenoxy) is 2. The van der Waals surface area contributed by atoms with E-state index in [0.717, 1.165) is 5.57 Å². The Kier molecular flexibility index (Phi) is 7.17. The van der Waals surface area contributed by atoms with Crippen LogP contribution in [0.2, 0.25) is 0 Å². The predicted octanol–water partition coefficient (Wildman–Crippen LogP) is 4.17. The van der Waals surface area contributed by atoms with Gasteiger partial charge in [-0.15, -0.1) is 0 Å². The van der Waals surface area contributed by atoms with Crippen molar-refractivity contribution in [2.45, 2.75) is 13.8 Å². The molecule has 0 radical (unpaired) electrons. The van der Waals surface area contributed by atoms with Crippen LogP contribution in [0.1, 0.15) is 24.2 Å². The number of anilines is 1. The fraction of sp³-hybridized carbons (Fsp3) is 0.200. The quantitative estimate of drug-likeness (QED) is 0.566. The first-order chi connectivity index (χ1) is 12.5. The van der Waals surface area contributed by atoms with E-state index in [2.05, 4.69) is 17.2 Å². The standard InChI is InChI=1S/C20H22N2O3S/c1-4-24-16-11-9-15(10-12-16)19(23)22-20(26)21-17-7-5-6-8-18(17)25-13-14(2)3/h5-12H,2,4,13H2,1,3H3,(H2,21,22,23,26). The molecule has 0 spiro atoms. The topological polar surface area (TPSA) is 59.6 Å². The van der Waals surface area contributed by atoms with Crippen molar-refractivity contribution in [1.82, 2.24) is 5.32 Å². The van der Waals surface area contributed by atoms with E-state index in [0.29, 0.717) is 36.0 Å². The highest BCUT2D eigenvalue weighted by molar-refractivity contribution is 7.80. The van der Waals surface area contributed by atoms with Gasteiger partial charge in [-0.25, -0.2) is 0 Å². The predicted molar refractivity (Wildman–Crippen MR) is 108 cm³/mol. The summed E-state index contributed by atoms with van der Waals surface area (Å²) in [6.07, 6.45) is 0. The van der Waals surface area contributed by atoms with E-state index in [1.54, 1.807) is 24.3 Å². The molecule has 0 aromatic heterocycles. The van der Waals surface area contributed by atoms with Gasteiger partial charge in [0, 0.05) is 5.56 Å². The third-order valence-corrected chi connectivity index (χ3v) is 3.47. The van der Waals surface area contributed by atoms with E-state index in [9.17, 15) is 4.79 Å². The Labute approximate surface area is 159 Å². The van der Waals surface area contributed by atoms with Crippen LogP contribution in [0, 0.1) is 0 Å². The van der Waals surface area contributed by atoms with Crippen molar-refractivity contribution in [2.24, 2.45) is 0 Å². The fourth-order valence-electron chi connectivity index (χ4n) is 2.09. The van der Waals surface area contributed by atoms with Gasteiger partial charge in [0.05, 0.1) is 12.3 Å². The van der Waals surface area contributed by atoms with Gasteiger partial charge in [-0.3, -0.25) is 10.1 Å². The molecule has 0 atom stereocenters. The second-order valence-electron chi connectivity index (χ2n) is 5.61. The molecule has 0 fully saturated rings. The highest BCUT2D eigenvalue weighted by Crippen LogP contribution is 2.24. The minimum atomic E-state index is -0.300. The summed E-state index contributed by atoms with van der Waals surface area (Å²) in [4.78, 5) is 12.3. The summed E-state index contributed by atoms with van der Waals surface area (Å²) in [6.45, 7) is 8.59. The highest BCUT2D eigenvalue weighted by Gasteiger charge is 2.10. The minimum absolute atomic E-state index is 0.190. The number of para-hydroxylation sites is 2. The number of rotatable bonds is 7. The fourth-order valence-corrected chi connectivity index (χ4v) is 2.30. The minimum Gasteiger partial charge on any atom is -0.494 e. The van der Waals surface area contributed by atoms with Crippen LogP contribution in [-0.4, -0.2) is 24.2 Å². The summed E-state index contributed by atoms with van der Waals surface area (Å²) in [5, 5.41) is 5.83. The molecular formula is C20H22N2O3S.